The first-order valence-electron chi connectivity index (χ1n) is 3.64. The molecule has 12 heavy (non-hydrogen) atoms. The Bertz CT molecular complexity index is 244. The summed E-state index contributed by atoms with van der Waals surface area (Å²) >= 11 is 3.21. The lowest BCUT2D eigenvalue weighted by Crippen LogP contribution is -1.99. The zero-order chi connectivity index (χ0) is 8.81. The molecule has 0 atom stereocenters. The summed E-state index contributed by atoms with van der Waals surface area (Å²) in [6.07, 6.45) is 0.411. The summed E-state index contributed by atoms with van der Waals surface area (Å²) in [7, 11) is 0. The maximum absolute atomic E-state index is 11.7. The Balaban J connectivity index is 2.41. The molecule has 1 aromatic heterocycles. The fourth-order valence-corrected chi connectivity index (χ4v) is 1.03. The van der Waals surface area contributed by atoms with Crippen LogP contribution >= 0.6 is 15.9 Å². The first-order valence-corrected chi connectivity index (χ1v) is 4.43. The van der Waals surface area contributed by atoms with Crippen LogP contribution in [0.2, 0.25) is 0 Å². The van der Waals surface area contributed by atoms with Gasteiger partial charge in [-0.2, -0.15) is 0 Å². The monoisotopic (exact) mass is 233 g/mol. The number of nitrogens with zero attached hydrogens (tertiary/aromatic N) is 1. The molecule has 0 saturated carbocycles. The Morgan fingerprint density at radius 3 is 3.00 bits per heavy atom. The average molecular weight is 234 g/mol. The van der Waals surface area contributed by atoms with Gasteiger partial charge in [0.05, 0.1) is 13.3 Å². The van der Waals surface area contributed by atoms with Crippen molar-refractivity contribution in [1.29, 1.82) is 0 Å². The van der Waals surface area contributed by atoms with E-state index in [0.29, 0.717) is 18.9 Å². The van der Waals surface area contributed by atoms with Crippen LogP contribution in [0, 0.1) is 0 Å². The summed E-state index contributed by atoms with van der Waals surface area (Å²) in [5.41, 5.74) is 0. The van der Waals surface area contributed by atoms with Gasteiger partial charge in [0.1, 0.15) is 4.60 Å². The lowest BCUT2D eigenvalue weighted by molar-refractivity contribution is 0.279. The maximum Gasteiger partial charge on any atom is 0.214 e. The predicted molar refractivity (Wildman–Crippen MR) is 48.0 cm³/mol. The molecule has 2 nitrogen and oxygen atoms in total. The summed E-state index contributed by atoms with van der Waals surface area (Å²) in [6.45, 7) is 0.0218. The SMILES string of the molecule is FCCCOc1cccc(Br)n1. The lowest BCUT2D eigenvalue weighted by atomic mass is 10.5. The first-order chi connectivity index (χ1) is 5.83. The number of hydrogen-bond acceptors (Lipinski definition) is 2. The van der Waals surface area contributed by atoms with Gasteiger partial charge in [-0.1, -0.05) is 6.07 Å². The fourth-order valence-electron chi connectivity index (χ4n) is 0.701. The van der Waals surface area contributed by atoms with Gasteiger partial charge < -0.3 is 4.74 Å². The standard InChI is InChI=1S/C8H9BrFNO/c9-7-3-1-4-8(11-7)12-6-2-5-10/h1,3-4H,2,5-6H2. The average Bonchev–Trinajstić information content (AvgIpc) is 2.05. The lowest BCUT2D eigenvalue weighted by Gasteiger charge is -2.02. The van der Waals surface area contributed by atoms with Crippen LogP contribution in [0.4, 0.5) is 4.39 Å². The van der Waals surface area contributed by atoms with E-state index in [2.05, 4.69) is 20.9 Å². The van der Waals surface area contributed by atoms with Crippen LogP contribution < -0.4 is 4.74 Å². The second kappa shape index (κ2) is 5.09. The molecule has 0 amide bonds. The van der Waals surface area contributed by atoms with Gasteiger partial charge in [0, 0.05) is 12.5 Å². The zero-order valence-corrected chi connectivity index (χ0v) is 8.05. The van der Waals surface area contributed by atoms with Gasteiger partial charge in [-0.05, 0) is 22.0 Å². The van der Waals surface area contributed by atoms with E-state index >= 15 is 0 Å². The minimum absolute atomic E-state index is 0.353. The van der Waals surface area contributed by atoms with E-state index < -0.39 is 0 Å². The third kappa shape index (κ3) is 3.17. The van der Waals surface area contributed by atoms with Gasteiger partial charge >= 0.3 is 0 Å². The molecule has 4 heteroatoms. The molecule has 66 valence electrons. The fraction of sp³-hybridized carbons (Fsp3) is 0.375. The molecule has 0 spiro atoms. The van der Waals surface area contributed by atoms with Crippen LogP contribution in [0.3, 0.4) is 0 Å². The number of hydrogen-bond donors (Lipinski definition) is 0. The Morgan fingerprint density at radius 1 is 1.50 bits per heavy atom. The molecule has 0 aliphatic carbocycles. The van der Waals surface area contributed by atoms with Crippen molar-refractivity contribution in [3.05, 3.63) is 22.8 Å². The van der Waals surface area contributed by atoms with E-state index in [-0.39, 0.29) is 6.67 Å². The van der Waals surface area contributed by atoms with Crippen molar-refractivity contribution in [2.24, 2.45) is 0 Å². The highest BCUT2D eigenvalue weighted by Gasteiger charge is 1.94. The molecule has 0 fully saturated rings. The van der Waals surface area contributed by atoms with Crippen molar-refractivity contribution < 1.29 is 9.13 Å². The molecule has 1 heterocycles. The molecule has 0 aromatic carbocycles. The van der Waals surface area contributed by atoms with Gasteiger partial charge in [0.15, 0.2) is 0 Å². The van der Waals surface area contributed by atoms with Gasteiger partial charge in [-0.25, -0.2) is 4.98 Å². The Labute approximate surface area is 78.9 Å². The van der Waals surface area contributed by atoms with E-state index in [1.54, 1.807) is 6.07 Å². The van der Waals surface area contributed by atoms with Crippen LogP contribution in [0.15, 0.2) is 22.8 Å². The van der Waals surface area contributed by atoms with Gasteiger partial charge in [-0.15, -0.1) is 0 Å². The zero-order valence-electron chi connectivity index (χ0n) is 6.46. The quantitative estimate of drug-likeness (QED) is 0.590. The molecule has 1 aromatic rings. The van der Waals surface area contributed by atoms with Crippen LogP contribution in [0.25, 0.3) is 0 Å². The summed E-state index contributed by atoms with van der Waals surface area (Å²) in [6, 6.07) is 5.37. The van der Waals surface area contributed by atoms with Crippen molar-refractivity contribution >= 4 is 15.9 Å². The Hall–Kier alpha value is -0.640. The second-order valence-electron chi connectivity index (χ2n) is 2.19. The van der Waals surface area contributed by atoms with E-state index in [4.69, 9.17) is 4.74 Å². The first kappa shape index (κ1) is 9.45. The van der Waals surface area contributed by atoms with Crippen molar-refractivity contribution in [3.8, 4) is 5.88 Å². The van der Waals surface area contributed by atoms with Gasteiger partial charge in [-0.3, -0.25) is 4.39 Å². The molecule has 0 bridgehead atoms. The number of halogens is 2. The Morgan fingerprint density at radius 2 is 2.33 bits per heavy atom. The van der Waals surface area contributed by atoms with E-state index in [1.165, 1.54) is 0 Å². The molecule has 0 aliphatic heterocycles. The highest BCUT2D eigenvalue weighted by Crippen LogP contribution is 2.11. The normalized spacial score (nSPS) is 9.83. The summed E-state index contributed by atoms with van der Waals surface area (Å²) in [5.74, 6) is 0.526. The highest BCUT2D eigenvalue weighted by molar-refractivity contribution is 9.10. The molecular weight excluding hydrogens is 225 g/mol. The van der Waals surface area contributed by atoms with Gasteiger partial charge in [0.2, 0.25) is 5.88 Å². The molecule has 0 radical (unpaired) electrons. The number of aromatic nitrogens is 1. The van der Waals surface area contributed by atoms with Crippen LogP contribution in [-0.4, -0.2) is 18.3 Å². The van der Waals surface area contributed by atoms with Crippen LogP contribution in [0.1, 0.15) is 6.42 Å². The maximum atomic E-state index is 11.7. The number of alkyl halides is 1. The molecule has 0 saturated heterocycles. The number of ether oxygens (including phenoxy) is 1. The van der Waals surface area contributed by atoms with Crippen molar-refractivity contribution in [2.75, 3.05) is 13.3 Å². The molecule has 1 rings (SSSR count). The van der Waals surface area contributed by atoms with E-state index in [1.807, 2.05) is 12.1 Å². The largest absolute Gasteiger partial charge is 0.478 e. The van der Waals surface area contributed by atoms with Crippen molar-refractivity contribution in [1.82, 2.24) is 4.98 Å². The highest BCUT2D eigenvalue weighted by atomic mass is 79.9. The number of pyridine rings is 1. The van der Waals surface area contributed by atoms with E-state index in [9.17, 15) is 4.39 Å². The topological polar surface area (TPSA) is 22.1 Å². The molecule has 0 aliphatic rings. The number of rotatable bonds is 4. The summed E-state index contributed by atoms with van der Waals surface area (Å²) in [5, 5.41) is 0. The van der Waals surface area contributed by atoms with Crippen LogP contribution in [-0.2, 0) is 0 Å². The minimum Gasteiger partial charge on any atom is -0.478 e. The summed E-state index contributed by atoms with van der Waals surface area (Å²) < 4.78 is 17.5. The second-order valence-corrected chi connectivity index (χ2v) is 3.00. The summed E-state index contributed by atoms with van der Waals surface area (Å²) in [4.78, 5) is 4.02. The third-order valence-corrected chi connectivity index (χ3v) is 1.66. The van der Waals surface area contributed by atoms with Crippen molar-refractivity contribution in [3.63, 3.8) is 0 Å². The smallest absolute Gasteiger partial charge is 0.214 e. The molecule has 0 unspecified atom stereocenters. The van der Waals surface area contributed by atoms with E-state index in [0.717, 1.165) is 4.60 Å². The minimum atomic E-state index is -0.353. The molecular formula is C8H9BrFNO. The Kier molecular flexibility index (Phi) is 4.00. The van der Waals surface area contributed by atoms with Crippen LogP contribution in [0.5, 0.6) is 5.88 Å². The predicted octanol–water partition coefficient (Wildman–Crippen LogP) is 2.58. The third-order valence-electron chi connectivity index (χ3n) is 1.22. The van der Waals surface area contributed by atoms with Crippen molar-refractivity contribution in [2.45, 2.75) is 6.42 Å². The van der Waals surface area contributed by atoms with Gasteiger partial charge in [0.25, 0.3) is 0 Å². The molecule has 0 N–H and O–H groups in total.